The predicted octanol–water partition coefficient (Wildman–Crippen LogP) is 5.26. The van der Waals surface area contributed by atoms with Gasteiger partial charge in [0.2, 0.25) is 5.88 Å². The number of benzene rings is 2. The smallest absolute Gasteiger partial charge is 0.296 e. The number of aliphatic hydroxyl groups excluding tert-OH is 1. The molecule has 0 spiro atoms. The molecule has 4 rings (SSSR count). The first-order chi connectivity index (χ1) is 18.2. The van der Waals surface area contributed by atoms with Gasteiger partial charge in [-0.1, -0.05) is 24.3 Å². The van der Waals surface area contributed by atoms with E-state index in [0.717, 1.165) is 36.1 Å². The third kappa shape index (κ3) is 7.90. The summed E-state index contributed by atoms with van der Waals surface area (Å²) in [6, 6.07) is 16.5. The Kier molecular flexibility index (Phi) is 8.81. The molecule has 1 fully saturated rings. The summed E-state index contributed by atoms with van der Waals surface area (Å²) in [5.41, 5.74) is 2.16. The van der Waals surface area contributed by atoms with Crippen LogP contribution in [0.5, 0.6) is 17.4 Å². The van der Waals surface area contributed by atoms with Crippen LogP contribution < -0.4 is 20.1 Å². The van der Waals surface area contributed by atoms with Crippen molar-refractivity contribution in [1.82, 2.24) is 10.3 Å². The maximum absolute atomic E-state index is 11.5. The van der Waals surface area contributed by atoms with Gasteiger partial charge in [-0.3, -0.25) is 10.1 Å². The Morgan fingerprint density at radius 3 is 2.61 bits per heavy atom. The van der Waals surface area contributed by atoms with Crippen molar-refractivity contribution in [2.75, 3.05) is 25.0 Å². The standard InChI is InChI=1S/C29H36N4O5/c1-20-6-5-15-30-28(20)38-24-13-11-21(12-14-24)16-29(2,3)32-18-23(34)19-37-26-8-4-7-25(33(35)36)27(26)31-17-22-9-10-22/h4-8,11-15,22-23,31-32,34H,9-10,16-19H2,1-3H3/t23-/m0/s1. The van der Waals surface area contributed by atoms with Crippen LogP contribution in [0.15, 0.2) is 60.8 Å². The molecule has 0 bridgehead atoms. The number of hydrogen-bond donors (Lipinski definition) is 3. The maximum Gasteiger partial charge on any atom is 0.296 e. The lowest BCUT2D eigenvalue weighted by molar-refractivity contribution is -0.384. The minimum atomic E-state index is -0.790. The molecule has 0 unspecified atom stereocenters. The molecule has 9 heteroatoms. The lowest BCUT2D eigenvalue weighted by Gasteiger charge is -2.28. The number of nitro groups is 1. The fourth-order valence-electron chi connectivity index (χ4n) is 4.11. The zero-order valence-corrected chi connectivity index (χ0v) is 22.1. The Balaban J connectivity index is 1.27. The van der Waals surface area contributed by atoms with Gasteiger partial charge in [0.25, 0.3) is 5.69 Å². The molecule has 1 aliphatic rings. The van der Waals surface area contributed by atoms with E-state index in [1.165, 1.54) is 6.07 Å². The molecule has 1 saturated carbocycles. The van der Waals surface area contributed by atoms with E-state index in [2.05, 4.69) is 29.5 Å². The quantitative estimate of drug-likeness (QED) is 0.194. The molecule has 0 amide bonds. The second-order valence-corrected chi connectivity index (χ2v) is 10.5. The van der Waals surface area contributed by atoms with E-state index < -0.39 is 11.0 Å². The van der Waals surface area contributed by atoms with Crippen molar-refractivity contribution in [3.63, 3.8) is 0 Å². The second-order valence-electron chi connectivity index (χ2n) is 10.5. The highest BCUT2D eigenvalue weighted by atomic mass is 16.6. The van der Waals surface area contributed by atoms with Gasteiger partial charge in [0.1, 0.15) is 24.2 Å². The van der Waals surface area contributed by atoms with E-state index in [1.807, 2.05) is 43.3 Å². The Hall–Kier alpha value is -3.69. The van der Waals surface area contributed by atoms with Gasteiger partial charge in [-0.2, -0.15) is 0 Å². The monoisotopic (exact) mass is 520 g/mol. The summed E-state index contributed by atoms with van der Waals surface area (Å²) in [5.74, 6) is 2.24. The molecule has 3 N–H and O–H groups in total. The number of β-amino-alcohol motifs (C(OH)–C–C–N with tert-alkyl or cyclic N) is 1. The number of para-hydroxylation sites is 1. The van der Waals surface area contributed by atoms with Gasteiger partial charge >= 0.3 is 0 Å². The molecule has 1 aliphatic carbocycles. The largest absolute Gasteiger partial charge is 0.488 e. The van der Waals surface area contributed by atoms with Crippen LogP contribution in [-0.2, 0) is 6.42 Å². The highest BCUT2D eigenvalue weighted by molar-refractivity contribution is 5.70. The molecule has 1 aromatic heterocycles. The van der Waals surface area contributed by atoms with Gasteiger partial charge in [-0.05, 0) is 75.8 Å². The number of nitro benzene ring substituents is 1. The average Bonchev–Trinajstić information content (AvgIpc) is 3.72. The van der Waals surface area contributed by atoms with Crippen LogP contribution in [0.4, 0.5) is 11.4 Å². The SMILES string of the molecule is Cc1cccnc1Oc1ccc(CC(C)(C)NC[C@H](O)COc2cccc([N+](=O)[O-])c2NCC2CC2)cc1. The van der Waals surface area contributed by atoms with Crippen molar-refractivity contribution < 1.29 is 19.5 Å². The van der Waals surface area contributed by atoms with E-state index in [9.17, 15) is 15.2 Å². The Morgan fingerprint density at radius 1 is 1.16 bits per heavy atom. The number of aromatic nitrogens is 1. The van der Waals surface area contributed by atoms with E-state index in [1.54, 1.807) is 18.3 Å². The molecule has 0 saturated heterocycles. The molecular weight excluding hydrogens is 484 g/mol. The fourth-order valence-corrected chi connectivity index (χ4v) is 4.11. The summed E-state index contributed by atoms with van der Waals surface area (Å²) in [5, 5.41) is 28.6. The highest BCUT2D eigenvalue weighted by Gasteiger charge is 2.25. The number of nitrogens with one attached hydrogen (secondary N) is 2. The van der Waals surface area contributed by atoms with Gasteiger partial charge in [0, 0.05) is 36.5 Å². The van der Waals surface area contributed by atoms with Crippen LogP contribution >= 0.6 is 0 Å². The van der Waals surface area contributed by atoms with Gasteiger partial charge in [0.05, 0.1) is 4.92 Å². The van der Waals surface area contributed by atoms with Crippen molar-refractivity contribution in [3.8, 4) is 17.4 Å². The number of ether oxygens (including phenoxy) is 2. The van der Waals surface area contributed by atoms with Crippen molar-refractivity contribution in [1.29, 1.82) is 0 Å². The Labute approximate surface area is 223 Å². The third-order valence-corrected chi connectivity index (χ3v) is 6.46. The van der Waals surface area contributed by atoms with Gasteiger partial charge in [0.15, 0.2) is 5.69 Å². The maximum atomic E-state index is 11.5. The van der Waals surface area contributed by atoms with Crippen LogP contribution in [0.2, 0.25) is 0 Å². The number of aryl methyl sites for hydroxylation is 1. The molecule has 2 aromatic carbocycles. The average molecular weight is 521 g/mol. The summed E-state index contributed by atoms with van der Waals surface area (Å²) in [7, 11) is 0. The van der Waals surface area contributed by atoms with E-state index in [0.29, 0.717) is 36.3 Å². The predicted molar refractivity (Wildman–Crippen MR) is 147 cm³/mol. The van der Waals surface area contributed by atoms with Crippen molar-refractivity contribution in [2.45, 2.75) is 51.7 Å². The number of rotatable bonds is 14. The lowest BCUT2D eigenvalue weighted by atomic mass is 9.94. The highest BCUT2D eigenvalue weighted by Crippen LogP contribution is 2.36. The molecule has 1 heterocycles. The first kappa shape index (κ1) is 27.3. The molecular formula is C29H36N4O5. The molecule has 0 radical (unpaired) electrons. The van der Waals surface area contributed by atoms with Crippen molar-refractivity contribution in [2.24, 2.45) is 5.92 Å². The lowest BCUT2D eigenvalue weighted by Crippen LogP contribution is -2.46. The minimum Gasteiger partial charge on any atom is -0.488 e. The van der Waals surface area contributed by atoms with E-state index in [-0.39, 0.29) is 17.8 Å². The minimum absolute atomic E-state index is 0.0152. The number of anilines is 1. The zero-order chi connectivity index (χ0) is 27.1. The Morgan fingerprint density at radius 2 is 1.92 bits per heavy atom. The van der Waals surface area contributed by atoms with Gasteiger partial charge in [-0.15, -0.1) is 0 Å². The third-order valence-electron chi connectivity index (χ3n) is 6.46. The summed E-state index contributed by atoms with van der Waals surface area (Å²) < 4.78 is 11.7. The summed E-state index contributed by atoms with van der Waals surface area (Å²) >= 11 is 0. The second kappa shape index (κ2) is 12.2. The number of pyridine rings is 1. The van der Waals surface area contributed by atoms with Crippen LogP contribution in [0.1, 0.15) is 37.8 Å². The van der Waals surface area contributed by atoms with Crippen LogP contribution in [0.25, 0.3) is 0 Å². The Bertz CT molecular complexity index is 1230. The summed E-state index contributed by atoms with van der Waals surface area (Å²) in [4.78, 5) is 15.3. The van der Waals surface area contributed by atoms with Crippen molar-refractivity contribution in [3.05, 3.63) is 82.0 Å². The summed E-state index contributed by atoms with van der Waals surface area (Å²) in [6.07, 6.45) is 3.92. The van der Waals surface area contributed by atoms with Crippen LogP contribution in [-0.4, -0.2) is 46.4 Å². The summed E-state index contributed by atoms with van der Waals surface area (Å²) in [6.45, 7) is 7.11. The number of nitrogens with zero attached hydrogens (tertiary/aromatic N) is 2. The topological polar surface area (TPSA) is 119 Å². The first-order valence-electron chi connectivity index (χ1n) is 13.0. The zero-order valence-electron chi connectivity index (χ0n) is 22.1. The van der Waals surface area contributed by atoms with Crippen molar-refractivity contribution >= 4 is 11.4 Å². The first-order valence-corrected chi connectivity index (χ1v) is 13.0. The van der Waals surface area contributed by atoms with Gasteiger partial charge < -0.3 is 25.2 Å². The van der Waals surface area contributed by atoms with Crippen LogP contribution in [0.3, 0.4) is 0 Å². The normalized spacial score (nSPS) is 14.1. The molecule has 0 aliphatic heterocycles. The number of aliphatic hydroxyl groups is 1. The molecule has 9 nitrogen and oxygen atoms in total. The van der Waals surface area contributed by atoms with Crippen LogP contribution in [0, 0.1) is 23.0 Å². The number of hydrogen-bond acceptors (Lipinski definition) is 8. The van der Waals surface area contributed by atoms with E-state index >= 15 is 0 Å². The molecule has 202 valence electrons. The van der Waals surface area contributed by atoms with E-state index in [4.69, 9.17) is 9.47 Å². The fraction of sp³-hybridized carbons (Fsp3) is 0.414. The molecule has 38 heavy (non-hydrogen) atoms. The van der Waals surface area contributed by atoms with Gasteiger partial charge in [-0.25, -0.2) is 4.98 Å². The molecule has 1 atom stereocenters. The molecule has 3 aromatic rings.